The molecule has 2 N–H and O–H groups in total. The SMILES string of the molecule is CCNCc1sccc1S(=O)(=O)NCC(C)C(C)C. The molecule has 1 aromatic rings. The van der Waals surface area contributed by atoms with E-state index in [-0.39, 0.29) is 0 Å². The lowest BCUT2D eigenvalue weighted by Crippen LogP contribution is -2.30. The molecule has 1 unspecified atom stereocenters. The summed E-state index contributed by atoms with van der Waals surface area (Å²) < 4.78 is 27.3. The van der Waals surface area contributed by atoms with Crippen LogP contribution in [0.25, 0.3) is 0 Å². The minimum absolute atomic E-state index is 0.325. The zero-order valence-electron chi connectivity index (χ0n) is 12.1. The van der Waals surface area contributed by atoms with E-state index in [0.29, 0.717) is 29.8 Å². The van der Waals surface area contributed by atoms with E-state index in [0.717, 1.165) is 11.4 Å². The van der Waals surface area contributed by atoms with E-state index in [1.54, 1.807) is 6.07 Å². The number of thiophene rings is 1. The van der Waals surface area contributed by atoms with Crippen molar-refractivity contribution in [2.24, 2.45) is 11.8 Å². The highest BCUT2D eigenvalue weighted by molar-refractivity contribution is 7.89. The number of rotatable bonds is 8. The van der Waals surface area contributed by atoms with Crippen molar-refractivity contribution in [1.29, 1.82) is 0 Å². The van der Waals surface area contributed by atoms with Crippen LogP contribution in [0.3, 0.4) is 0 Å². The molecule has 0 fully saturated rings. The van der Waals surface area contributed by atoms with Crippen LogP contribution < -0.4 is 10.0 Å². The monoisotopic (exact) mass is 304 g/mol. The average molecular weight is 304 g/mol. The van der Waals surface area contributed by atoms with E-state index in [2.05, 4.69) is 30.8 Å². The Morgan fingerprint density at radius 2 is 2.00 bits per heavy atom. The summed E-state index contributed by atoms with van der Waals surface area (Å²) >= 11 is 1.48. The molecule has 0 radical (unpaired) electrons. The van der Waals surface area contributed by atoms with Gasteiger partial charge in [0.25, 0.3) is 0 Å². The number of hydrogen-bond donors (Lipinski definition) is 2. The predicted molar refractivity (Wildman–Crippen MR) is 80.9 cm³/mol. The molecular formula is C13H24N2O2S2. The van der Waals surface area contributed by atoms with Gasteiger partial charge >= 0.3 is 0 Å². The first-order chi connectivity index (χ1) is 8.88. The molecule has 1 heterocycles. The molecule has 110 valence electrons. The van der Waals surface area contributed by atoms with Crippen molar-refractivity contribution in [2.45, 2.75) is 39.1 Å². The molecule has 0 aromatic carbocycles. The number of nitrogens with one attached hydrogen (secondary N) is 2. The van der Waals surface area contributed by atoms with Crippen LogP contribution in [0.1, 0.15) is 32.6 Å². The fourth-order valence-electron chi connectivity index (χ4n) is 1.49. The van der Waals surface area contributed by atoms with Gasteiger partial charge in [0.15, 0.2) is 0 Å². The highest BCUT2D eigenvalue weighted by Crippen LogP contribution is 2.22. The maximum atomic E-state index is 12.3. The predicted octanol–water partition coefficient (Wildman–Crippen LogP) is 2.43. The average Bonchev–Trinajstić information content (AvgIpc) is 2.82. The molecule has 4 nitrogen and oxygen atoms in total. The van der Waals surface area contributed by atoms with Gasteiger partial charge < -0.3 is 5.32 Å². The van der Waals surface area contributed by atoms with Crippen LogP contribution in [0, 0.1) is 11.8 Å². The van der Waals surface area contributed by atoms with Gasteiger partial charge in [-0.15, -0.1) is 11.3 Å². The Kier molecular flexibility index (Phi) is 6.46. The summed E-state index contributed by atoms with van der Waals surface area (Å²) in [7, 11) is -3.39. The summed E-state index contributed by atoms with van der Waals surface area (Å²) in [5.74, 6) is 0.789. The van der Waals surface area contributed by atoms with Crippen molar-refractivity contribution in [3.63, 3.8) is 0 Å². The molecule has 0 aliphatic heterocycles. The second kappa shape index (κ2) is 7.38. The summed E-state index contributed by atoms with van der Waals surface area (Å²) in [4.78, 5) is 1.28. The molecule has 1 atom stereocenters. The standard InChI is InChI=1S/C13H24N2O2S2/c1-5-14-9-12-13(6-7-18-12)19(16,17)15-8-11(4)10(2)3/h6-7,10-11,14-15H,5,8-9H2,1-4H3. The van der Waals surface area contributed by atoms with Gasteiger partial charge in [-0.3, -0.25) is 0 Å². The van der Waals surface area contributed by atoms with Crippen LogP contribution in [-0.4, -0.2) is 21.5 Å². The van der Waals surface area contributed by atoms with E-state index in [1.807, 2.05) is 12.3 Å². The molecule has 1 rings (SSSR count). The topological polar surface area (TPSA) is 58.2 Å². The highest BCUT2D eigenvalue weighted by atomic mass is 32.2. The maximum absolute atomic E-state index is 12.3. The first kappa shape index (κ1) is 16.6. The van der Waals surface area contributed by atoms with Crippen LogP contribution in [-0.2, 0) is 16.6 Å². The molecule has 6 heteroatoms. The Bertz CT molecular complexity index is 481. The van der Waals surface area contributed by atoms with Crippen LogP contribution in [0.15, 0.2) is 16.3 Å². The van der Waals surface area contributed by atoms with Gasteiger partial charge in [-0.1, -0.05) is 27.7 Å². The molecular weight excluding hydrogens is 280 g/mol. The van der Waals surface area contributed by atoms with E-state index in [1.165, 1.54) is 11.3 Å². The molecule has 0 aliphatic rings. The fraction of sp³-hybridized carbons (Fsp3) is 0.692. The molecule has 1 aromatic heterocycles. The molecule has 0 bridgehead atoms. The van der Waals surface area contributed by atoms with Gasteiger partial charge in [0.05, 0.1) is 4.90 Å². The lowest BCUT2D eigenvalue weighted by atomic mass is 9.99. The quantitative estimate of drug-likeness (QED) is 0.775. The summed E-state index contributed by atoms with van der Waals surface area (Å²) in [5.41, 5.74) is 0. The van der Waals surface area contributed by atoms with Gasteiger partial charge in [-0.2, -0.15) is 0 Å². The minimum atomic E-state index is -3.39. The fourth-order valence-corrected chi connectivity index (χ4v) is 4.04. The second-order valence-electron chi connectivity index (χ2n) is 5.06. The lowest BCUT2D eigenvalue weighted by Gasteiger charge is -2.16. The Hall–Kier alpha value is -0.430. The second-order valence-corrected chi connectivity index (χ2v) is 7.80. The van der Waals surface area contributed by atoms with E-state index in [9.17, 15) is 8.42 Å². The maximum Gasteiger partial charge on any atom is 0.241 e. The van der Waals surface area contributed by atoms with Crippen LogP contribution >= 0.6 is 11.3 Å². The first-order valence-electron chi connectivity index (χ1n) is 6.65. The van der Waals surface area contributed by atoms with Crippen molar-refractivity contribution in [3.8, 4) is 0 Å². The molecule has 0 saturated carbocycles. The number of sulfonamides is 1. The van der Waals surface area contributed by atoms with Crippen LogP contribution in [0.5, 0.6) is 0 Å². The van der Waals surface area contributed by atoms with Gasteiger partial charge in [0.2, 0.25) is 10.0 Å². The third kappa shape index (κ3) is 4.87. The van der Waals surface area contributed by atoms with E-state index < -0.39 is 10.0 Å². The van der Waals surface area contributed by atoms with Crippen molar-refractivity contribution >= 4 is 21.4 Å². The van der Waals surface area contributed by atoms with Crippen LogP contribution in [0.2, 0.25) is 0 Å². The Labute approximate surface area is 120 Å². The lowest BCUT2D eigenvalue weighted by molar-refractivity contribution is 0.414. The summed E-state index contributed by atoms with van der Waals surface area (Å²) in [6.45, 7) is 10.2. The van der Waals surface area contributed by atoms with E-state index >= 15 is 0 Å². The smallest absolute Gasteiger partial charge is 0.241 e. The molecule has 0 spiro atoms. The van der Waals surface area contributed by atoms with Gasteiger partial charge in [-0.05, 0) is 29.8 Å². The zero-order chi connectivity index (χ0) is 14.5. The molecule has 0 amide bonds. The van der Waals surface area contributed by atoms with Crippen LogP contribution in [0.4, 0.5) is 0 Å². The largest absolute Gasteiger partial charge is 0.312 e. The van der Waals surface area contributed by atoms with Crippen molar-refractivity contribution < 1.29 is 8.42 Å². The van der Waals surface area contributed by atoms with E-state index in [4.69, 9.17) is 0 Å². The minimum Gasteiger partial charge on any atom is -0.312 e. The Balaban J connectivity index is 2.74. The highest BCUT2D eigenvalue weighted by Gasteiger charge is 2.20. The summed E-state index contributed by atoms with van der Waals surface area (Å²) in [6.07, 6.45) is 0. The third-order valence-corrected chi connectivity index (χ3v) is 5.82. The zero-order valence-corrected chi connectivity index (χ0v) is 13.7. The Morgan fingerprint density at radius 3 is 2.58 bits per heavy atom. The third-order valence-electron chi connectivity index (χ3n) is 3.26. The summed E-state index contributed by atoms with van der Waals surface area (Å²) in [5, 5.41) is 4.99. The number of hydrogen-bond acceptors (Lipinski definition) is 4. The van der Waals surface area contributed by atoms with Crippen molar-refractivity contribution in [2.75, 3.05) is 13.1 Å². The van der Waals surface area contributed by atoms with Crippen molar-refractivity contribution in [1.82, 2.24) is 10.0 Å². The van der Waals surface area contributed by atoms with Gasteiger partial charge in [0, 0.05) is 18.0 Å². The summed E-state index contributed by atoms with van der Waals surface area (Å²) in [6, 6.07) is 1.68. The molecule has 0 saturated heterocycles. The van der Waals surface area contributed by atoms with Gasteiger partial charge in [-0.25, -0.2) is 13.1 Å². The Morgan fingerprint density at radius 1 is 1.32 bits per heavy atom. The van der Waals surface area contributed by atoms with Crippen molar-refractivity contribution in [3.05, 3.63) is 16.3 Å². The molecule has 19 heavy (non-hydrogen) atoms. The normalized spacial score (nSPS) is 13.9. The van der Waals surface area contributed by atoms with Gasteiger partial charge in [0.1, 0.15) is 0 Å². The first-order valence-corrected chi connectivity index (χ1v) is 9.01. The molecule has 0 aliphatic carbocycles.